The van der Waals surface area contributed by atoms with Crippen molar-refractivity contribution in [3.05, 3.63) is 23.5 Å². The number of carbonyl (C=O) groups excluding carboxylic acids is 2. The topological polar surface area (TPSA) is 99.4 Å². The number of hydrogen-bond donors (Lipinski definition) is 3. The zero-order valence-electron chi connectivity index (χ0n) is 11.0. The number of nitrogens with zero attached hydrogens (tertiary/aromatic N) is 1. The molecule has 0 bridgehead atoms. The average molecular weight is 265 g/mol. The van der Waals surface area contributed by atoms with E-state index in [2.05, 4.69) is 4.98 Å². The number of β-amino-alcohol motifs (C(OH)–C–C–N with tert-alkyl or cyclic N) is 1. The van der Waals surface area contributed by atoms with Gasteiger partial charge in [-0.05, 0) is 25.8 Å². The highest BCUT2D eigenvalue weighted by Crippen LogP contribution is 2.25. The summed E-state index contributed by atoms with van der Waals surface area (Å²) in [6.45, 7) is 2.57. The summed E-state index contributed by atoms with van der Waals surface area (Å²) >= 11 is 0. The first-order valence-electron chi connectivity index (χ1n) is 6.35. The lowest BCUT2D eigenvalue weighted by Crippen LogP contribution is -2.51. The predicted octanol–water partition coefficient (Wildman–Crippen LogP) is 0.166. The van der Waals surface area contributed by atoms with Gasteiger partial charge in [0.1, 0.15) is 0 Å². The van der Waals surface area contributed by atoms with Crippen LogP contribution in [0.25, 0.3) is 0 Å². The lowest BCUT2D eigenvalue weighted by atomic mass is 9.89. The molecule has 1 aromatic rings. The van der Waals surface area contributed by atoms with Crippen LogP contribution >= 0.6 is 0 Å². The van der Waals surface area contributed by atoms with Gasteiger partial charge in [-0.1, -0.05) is 0 Å². The maximum Gasteiger partial charge on any atom is 0.255 e. The van der Waals surface area contributed by atoms with Crippen molar-refractivity contribution in [2.45, 2.75) is 31.8 Å². The molecule has 0 aliphatic carbocycles. The van der Waals surface area contributed by atoms with E-state index in [1.165, 1.54) is 0 Å². The summed E-state index contributed by atoms with van der Waals surface area (Å²) in [6.07, 6.45) is 2.76. The fourth-order valence-corrected chi connectivity index (χ4v) is 2.61. The largest absolute Gasteiger partial charge is 0.388 e. The molecule has 4 N–H and O–H groups in total. The summed E-state index contributed by atoms with van der Waals surface area (Å²) in [4.78, 5) is 27.9. The third kappa shape index (κ3) is 2.96. The van der Waals surface area contributed by atoms with Crippen molar-refractivity contribution in [2.24, 2.45) is 5.73 Å². The van der Waals surface area contributed by atoms with Crippen LogP contribution < -0.4 is 5.73 Å². The van der Waals surface area contributed by atoms with Gasteiger partial charge in [-0.25, -0.2) is 0 Å². The number of nitrogens with two attached hydrogens (primary N) is 1. The number of carbonyl (C=O) groups is 2. The average Bonchev–Trinajstić information content (AvgIpc) is 2.73. The normalized spacial score (nSPS) is 23.4. The minimum absolute atomic E-state index is 0.108. The molecule has 2 heterocycles. The molecule has 104 valence electrons. The van der Waals surface area contributed by atoms with Crippen LogP contribution in [0, 0.1) is 6.92 Å². The maximum atomic E-state index is 12.3. The van der Waals surface area contributed by atoms with Gasteiger partial charge in [0.25, 0.3) is 5.91 Å². The summed E-state index contributed by atoms with van der Waals surface area (Å²) in [5.41, 5.74) is 5.35. The summed E-state index contributed by atoms with van der Waals surface area (Å²) in [6, 6.07) is 1.72. The molecular weight excluding hydrogens is 246 g/mol. The van der Waals surface area contributed by atoms with Crippen LogP contribution in [0.1, 0.15) is 35.3 Å². The second-order valence-electron chi connectivity index (χ2n) is 5.21. The van der Waals surface area contributed by atoms with Gasteiger partial charge < -0.3 is 20.7 Å². The number of hydrogen-bond acceptors (Lipinski definition) is 3. The molecule has 0 radical (unpaired) electrons. The zero-order chi connectivity index (χ0) is 14.0. The molecule has 19 heavy (non-hydrogen) atoms. The summed E-state index contributed by atoms with van der Waals surface area (Å²) < 4.78 is 0. The SMILES string of the molecule is Cc1[nH]ccc1C(=O)N1CCCC(O)(CC(N)=O)C1. The highest BCUT2D eigenvalue weighted by atomic mass is 16.3. The van der Waals surface area contributed by atoms with Crippen molar-refractivity contribution in [2.75, 3.05) is 13.1 Å². The van der Waals surface area contributed by atoms with E-state index in [0.29, 0.717) is 24.9 Å². The van der Waals surface area contributed by atoms with Crippen LogP contribution in [0.2, 0.25) is 0 Å². The summed E-state index contributed by atoms with van der Waals surface area (Å²) in [7, 11) is 0. The molecule has 2 amide bonds. The van der Waals surface area contributed by atoms with Crippen LogP contribution in [-0.2, 0) is 4.79 Å². The first-order chi connectivity index (χ1) is 8.91. The first-order valence-corrected chi connectivity index (χ1v) is 6.35. The molecule has 1 saturated heterocycles. The number of piperidine rings is 1. The number of rotatable bonds is 3. The Bertz CT molecular complexity index is 497. The smallest absolute Gasteiger partial charge is 0.255 e. The van der Waals surface area contributed by atoms with Crippen LogP contribution in [-0.4, -0.2) is 45.5 Å². The van der Waals surface area contributed by atoms with Gasteiger partial charge in [-0.15, -0.1) is 0 Å². The molecule has 1 aliphatic heterocycles. The Balaban J connectivity index is 2.11. The molecule has 1 aliphatic rings. The fourth-order valence-electron chi connectivity index (χ4n) is 2.61. The van der Waals surface area contributed by atoms with E-state index in [-0.39, 0.29) is 18.9 Å². The van der Waals surface area contributed by atoms with Gasteiger partial charge in [0.05, 0.1) is 24.1 Å². The van der Waals surface area contributed by atoms with Crippen molar-refractivity contribution in [3.63, 3.8) is 0 Å². The number of aliphatic hydroxyl groups is 1. The van der Waals surface area contributed by atoms with Crippen molar-refractivity contribution < 1.29 is 14.7 Å². The number of aryl methyl sites for hydroxylation is 1. The first kappa shape index (κ1) is 13.6. The number of aromatic nitrogens is 1. The molecule has 6 heteroatoms. The molecule has 0 saturated carbocycles. The lowest BCUT2D eigenvalue weighted by molar-refractivity contribution is -0.125. The minimum Gasteiger partial charge on any atom is -0.388 e. The number of aromatic amines is 1. The molecule has 2 rings (SSSR count). The van der Waals surface area contributed by atoms with Crippen LogP contribution in [0.15, 0.2) is 12.3 Å². The number of H-pyrrole nitrogens is 1. The van der Waals surface area contributed by atoms with E-state index in [0.717, 1.165) is 5.69 Å². The molecule has 0 spiro atoms. The van der Waals surface area contributed by atoms with E-state index >= 15 is 0 Å². The number of amides is 2. The Morgan fingerprint density at radius 3 is 2.89 bits per heavy atom. The fraction of sp³-hybridized carbons (Fsp3) is 0.538. The monoisotopic (exact) mass is 265 g/mol. The standard InChI is InChI=1S/C13H19N3O3/c1-9-10(3-5-15-9)12(18)16-6-2-4-13(19,8-16)7-11(14)17/h3,5,15,19H,2,4,6-8H2,1H3,(H2,14,17). The molecule has 1 aromatic heterocycles. The molecular formula is C13H19N3O3. The van der Waals surface area contributed by atoms with E-state index in [4.69, 9.17) is 5.73 Å². The quantitative estimate of drug-likeness (QED) is 0.726. The summed E-state index contributed by atoms with van der Waals surface area (Å²) in [5, 5.41) is 10.3. The second-order valence-corrected chi connectivity index (χ2v) is 5.21. The number of nitrogens with one attached hydrogen (secondary N) is 1. The number of primary amides is 1. The van der Waals surface area contributed by atoms with Crippen LogP contribution in [0.3, 0.4) is 0 Å². The van der Waals surface area contributed by atoms with Gasteiger partial charge >= 0.3 is 0 Å². The van der Waals surface area contributed by atoms with E-state index in [1.54, 1.807) is 17.2 Å². The van der Waals surface area contributed by atoms with Gasteiger partial charge in [0.2, 0.25) is 5.91 Å². The third-order valence-electron chi connectivity index (χ3n) is 3.53. The number of likely N-dealkylation sites (tertiary alicyclic amines) is 1. The molecule has 1 fully saturated rings. The summed E-state index contributed by atoms with van der Waals surface area (Å²) in [5.74, 6) is -0.670. The molecule has 6 nitrogen and oxygen atoms in total. The van der Waals surface area contributed by atoms with Crippen molar-refractivity contribution in [1.82, 2.24) is 9.88 Å². The van der Waals surface area contributed by atoms with Gasteiger partial charge in [-0.3, -0.25) is 9.59 Å². The van der Waals surface area contributed by atoms with Crippen molar-refractivity contribution in [3.8, 4) is 0 Å². The Morgan fingerprint density at radius 2 is 2.32 bits per heavy atom. The molecule has 0 aromatic carbocycles. The van der Waals surface area contributed by atoms with Crippen molar-refractivity contribution >= 4 is 11.8 Å². The Kier molecular flexibility index (Phi) is 3.61. The Morgan fingerprint density at radius 1 is 1.58 bits per heavy atom. The van der Waals surface area contributed by atoms with Crippen LogP contribution in [0.5, 0.6) is 0 Å². The molecule has 1 unspecified atom stereocenters. The predicted molar refractivity (Wildman–Crippen MR) is 69.4 cm³/mol. The van der Waals surface area contributed by atoms with E-state index in [9.17, 15) is 14.7 Å². The molecule has 1 atom stereocenters. The Hall–Kier alpha value is -1.82. The highest BCUT2D eigenvalue weighted by molar-refractivity contribution is 5.95. The van der Waals surface area contributed by atoms with Gasteiger partial charge in [0, 0.05) is 18.4 Å². The third-order valence-corrected chi connectivity index (χ3v) is 3.53. The van der Waals surface area contributed by atoms with Crippen molar-refractivity contribution in [1.29, 1.82) is 0 Å². The highest BCUT2D eigenvalue weighted by Gasteiger charge is 2.37. The van der Waals surface area contributed by atoms with Crippen LogP contribution in [0.4, 0.5) is 0 Å². The van der Waals surface area contributed by atoms with Gasteiger partial charge in [0.15, 0.2) is 0 Å². The van der Waals surface area contributed by atoms with E-state index in [1.807, 2.05) is 6.92 Å². The van der Waals surface area contributed by atoms with E-state index < -0.39 is 11.5 Å². The Labute approximate surface area is 111 Å². The lowest BCUT2D eigenvalue weighted by Gasteiger charge is -2.38. The second kappa shape index (κ2) is 5.05. The maximum absolute atomic E-state index is 12.3. The minimum atomic E-state index is -1.19. The van der Waals surface area contributed by atoms with Gasteiger partial charge in [-0.2, -0.15) is 0 Å². The zero-order valence-corrected chi connectivity index (χ0v) is 11.0.